The van der Waals surface area contributed by atoms with Crippen molar-refractivity contribution in [2.75, 3.05) is 6.54 Å². The highest BCUT2D eigenvalue weighted by Crippen LogP contribution is 2.36. The second-order valence-electron chi connectivity index (χ2n) is 4.19. The molecule has 0 saturated heterocycles. The summed E-state index contributed by atoms with van der Waals surface area (Å²) in [6.07, 6.45) is 1.06. The van der Waals surface area contributed by atoms with Gasteiger partial charge in [0.05, 0.1) is 11.1 Å². The second-order valence-corrected chi connectivity index (χ2v) is 6.86. The van der Waals surface area contributed by atoms with Crippen molar-refractivity contribution in [2.45, 2.75) is 19.4 Å². The fraction of sp³-hybridized carbons (Fsp3) is 0.286. The molecule has 2 aromatic rings. The molecule has 19 heavy (non-hydrogen) atoms. The van der Waals surface area contributed by atoms with Gasteiger partial charge in [-0.3, -0.25) is 0 Å². The van der Waals surface area contributed by atoms with E-state index in [0.29, 0.717) is 0 Å². The quantitative estimate of drug-likeness (QED) is 0.682. The minimum absolute atomic E-state index is 0.0393. The van der Waals surface area contributed by atoms with Crippen LogP contribution in [0.15, 0.2) is 34.1 Å². The molecule has 0 bridgehead atoms. The Kier molecular flexibility index (Phi) is 5.72. The highest BCUT2D eigenvalue weighted by molar-refractivity contribution is 9.10. The van der Waals surface area contributed by atoms with Crippen LogP contribution in [0.1, 0.15) is 29.8 Å². The normalized spacial score (nSPS) is 12.6. The third-order valence-corrected chi connectivity index (χ3v) is 5.04. The van der Waals surface area contributed by atoms with Gasteiger partial charge in [0.25, 0.3) is 0 Å². The van der Waals surface area contributed by atoms with Gasteiger partial charge in [-0.2, -0.15) is 0 Å². The highest BCUT2D eigenvalue weighted by Gasteiger charge is 2.20. The summed E-state index contributed by atoms with van der Waals surface area (Å²) in [4.78, 5) is 1.11. The minimum atomic E-state index is 0.0393. The van der Waals surface area contributed by atoms with Gasteiger partial charge in [0.1, 0.15) is 0 Å². The number of thiophene rings is 1. The summed E-state index contributed by atoms with van der Waals surface area (Å²) >= 11 is 17.8. The molecule has 0 amide bonds. The maximum Gasteiger partial charge on any atom is 0.0701 e. The van der Waals surface area contributed by atoms with Crippen LogP contribution in [0.3, 0.4) is 0 Å². The predicted molar refractivity (Wildman–Crippen MR) is 88.6 cm³/mol. The van der Waals surface area contributed by atoms with Gasteiger partial charge in [-0.15, -0.1) is 11.3 Å². The summed E-state index contributed by atoms with van der Waals surface area (Å²) in [5.74, 6) is 0. The van der Waals surface area contributed by atoms with Gasteiger partial charge < -0.3 is 5.32 Å². The molecule has 1 N–H and O–H groups in total. The Labute approximate surface area is 136 Å². The summed E-state index contributed by atoms with van der Waals surface area (Å²) in [5, 5.41) is 7.06. The van der Waals surface area contributed by atoms with E-state index in [1.807, 2.05) is 29.6 Å². The number of halogens is 3. The van der Waals surface area contributed by atoms with Gasteiger partial charge in [-0.1, -0.05) is 46.1 Å². The molecule has 0 saturated carbocycles. The van der Waals surface area contributed by atoms with E-state index < -0.39 is 0 Å². The molecular weight excluding hydrogens is 365 g/mol. The smallest absolute Gasteiger partial charge is 0.0701 e. The van der Waals surface area contributed by atoms with Crippen molar-refractivity contribution in [3.8, 4) is 0 Å². The molecule has 1 nitrogen and oxygen atoms in total. The Morgan fingerprint density at radius 3 is 2.68 bits per heavy atom. The maximum atomic E-state index is 6.34. The largest absolute Gasteiger partial charge is 0.306 e. The second kappa shape index (κ2) is 7.09. The summed E-state index contributed by atoms with van der Waals surface area (Å²) in [6, 6.07) is 7.86. The maximum absolute atomic E-state index is 6.34. The van der Waals surface area contributed by atoms with Gasteiger partial charge in [0, 0.05) is 14.4 Å². The molecule has 1 aromatic carbocycles. The van der Waals surface area contributed by atoms with Crippen molar-refractivity contribution in [1.29, 1.82) is 0 Å². The van der Waals surface area contributed by atoms with Crippen molar-refractivity contribution in [2.24, 2.45) is 0 Å². The van der Waals surface area contributed by atoms with E-state index in [1.54, 1.807) is 11.3 Å². The molecule has 2 rings (SSSR count). The van der Waals surface area contributed by atoms with E-state index in [4.69, 9.17) is 23.2 Å². The molecule has 1 unspecified atom stereocenters. The van der Waals surface area contributed by atoms with Crippen LogP contribution in [0.4, 0.5) is 0 Å². The monoisotopic (exact) mass is 377 g/mol. The zero-order valence-electron chi connectivity index (χ0n) is 10.4. The molecular formula is C14H14BrCl2NS. The van der Waals surface area contributed by atoms with E-state index in [0.717, 1.165) is 37.9 Å². The third kappa shape index (κ3) is 3.73. The van der Waals surface area contributed by atoms with Crippen LogP contribution in [0.2, 0.25) is 10.0 Å². The molecule has 1 atom stereocenters. The van der Waals surface area contributed by atoms with Crippen LogP contribution in [0.5, 0.6) is 0 Å². The molecule has 1 heterocycles. The SMILES string of the molecule is CCCNC(c1cc(Br)ccc1Cl)c1sccc1Cl. The first kappa shape index (κ1) is 15.3. The van der Waals surface area contributed by atoms with Crippen LogP contribution in [0, 0.1) is 0 Å². The van der Waals surface area contributed by atoms with Crippen LogP contribution >= 0.6 is 50.5 Å². The lowest BCUT2D eigenvalue weighted by atomic mass is 10.1. The van der Waals surface area contributed by atoms with Gasteiger partial charge in [0.2, 0.25) is 0 Å². The predicted octanol–water partition coefficient (Wildman–Crippen LogP) is 5.91. The standard InChI is InChI=1S/C14H14BrCl2NS/c1-2-6-18-13(14-12(17)5-7-19-14)10-8-9(15)3-4-11(10)16/h3-5,7-8,13,18H,2,6H2,1H3. The van der Waals surface area contributed by atoms with Crippen LogP contribution in [-0.2, 0) is 0 Å². The average molecular weight is 379 g/mol. The Bertz CT molecular complexity index is 556. The number of nitrogens with one attached hydrogen (secondary N) is 1. The van der Waals surface area contributed by atoms with Crippen molar-refractivity contribution in [3.05, 3.63) is 54.6 Å². The van der Waals surface area contributed by atoms with E-state index >= 15 is 0 Å². The summed E-state index contributed by atoms with van der Waals surface area (Å²) < 4.78 is 1.02. The van der Waals surface area contributed by atoms with Crippen LogP contribution in [0.25, 0.3) is 0 Å². The molecule has 0 aliphatic heterocycles. The molecule has 102 valence electrons. The number of hydrogen-bond donors (Lipinski definition) is 1. The first-order valence-electron chi connectivity index (χ1n) is 6.04. The van der Waals surface area contributed by atoms with Crippen LogP contribution < -0.4 is 5.32 Å². The Hall–Kier alpha value is -0.0600. The summed E-state index contributed by atoms with van der Waals surface area (Å²) in [5.41, 5.74) is 1.05. The Morgan fingerprint density at radius 2 is 2.05 bits per heavy atom. The highest BCUT2D eigenvalue weighted by atomic mass is 79.9. The number of benzene rings is 1. The van der Waals surface area contributed by atoms with E-state index in [-0.39, 0.29) is 6.04 Å². The fourth-order valence-corrected chi connectivity index (χ4v) is 3.74. The van der Waals surface area contributed by atoms with Crippen molar-refractivity contribution in [3.63, 3.8) is 0 Å². The molecule has 0 aliphatic rings. The van der Waals surface area contributed by atoms with Gasteiger partial charge in [-0.05, 0) is 48.2 Å². The number of hydrogen-bond acceptors (Lipinski definition) is 2. The summed E-state index contributed by atoms with van der Waals surface area (Å²) in [7, 11) is 0. The zero-order valence-corrected chi connectivity index (χ0v) is 14.3. The summed E-state index contributed by atoms with van der Waals surface area (Å²) in [6.45, 7) is 3.06. The zero-order chi connectivity index (χ0) is 13.8. The van der Waals surface area contributed by atoms with Gasteiger partial charge in [0.15, 0.2) is 0 Å². The lowest BCUT2D eigenvalue weighted by molar-refractivity contribution is 0.606. The van der Waals surface area contributed by atoms with Gasteiger partial charge in [-0.25, -0.2) is 0 Å². The van der Waals surface area contributed by atoms with Crippen molar-refractivity contribution < 1.29 is 0 Å². The van der Waals surface area contributed by atoms with Gasteiger partial charge >= 0.3 is 0 Å². The average Bonchev–Trinajstić information content (AvgIpc) is 2.80. The minimum Gasteiger partial charge on any atom is -0.306 e. The third-order valence-electron chi connectivity index (χ3n) is 2.77. The molecule has 1 aromatic heterocycles. The van der Waals surface area contributed by atoms with Crippen LogP contribution in [-0.4, -0.2) is 6.54 Å². The van der Waals surface area contributed by atoms with E-state index in [9.17, 15) is 0 Å². The lowest BCUT2D eigenvalue weighted by Crippen LogP contribution is -2.23. The van der Waals surface area contributed by atoms with Crippen molar-refractivity contribution in [1.82, 2.24) is 5.32 Å². The first-order valence-corrected chi connectivity index (χ1v) is 8.47. The van der Waals surface area contributed by atoms with E-state index in [2.05, 4.69) is 28.2 Å². The topological polar surface area (TPSA) is 12.0 Å². The lowest BCUT2D eigenvalue weighted by Gasteiger charge is -2.20. The Morgan fingerprint density at radius 1 is 1.26 bits per heavy atom. The molecule has 0 spiro atoms. The van der Waals surface area contributed by atoms with E-state index in [1.165, 1.54) is 0 Å². The first-order chi connectivity index (χ1) is 9.13. The molecule has 0 fully saturated rings. The fourth-order valence-electron chi connectivity index (χ4n) is 1.88. The molecule has 0 aliphatic carbocycles. The van der Waals surface area contributed by atoms with Crippen molar-refractivity contribution >= 4 is 50.5 Å². The molecule has 5 heteroatoms. The Balaban J connectivity index is 2.42. The number of rotatable bonds is 5. The molecule has 0 radical (unpaired) electrons.